The fraction of sp³-hybridized carbons (Fsp3) is 0.167. The fourth-order valence-corrected chi connectivity index (χ4v) is 2.36. The average Bonchev–Trinajstić information content (AvgIpc) is 3.02. The molecule has 5 nitrogen and oxygen atoms in total. The van der Waals surface area contributed by atoms with Crippen molar-refractivity contribution >= 4 is 5.91 Å². The van der Waals surface area contributed by atoms with Crippen molar-refractivity contribution in [1.82, 2.24) is 15.5 Å². The summed E-state index contributed by atoms with van der Waals surface area (Å²) in [7, 11) is 0. The Kier molecular flexibility index (Phi) is 4.65. The first kappa shape index (κ1) is 15.9. The number of aryl methyl sites for hydroxylation is 1. The van der Waals surface area contributed by atoms with Crippen LogP contribution in [-0.2, 0) is 11.2 Å². The summed E-state index contributed by atoms with van der Waals surface area (Å²) < 4.78 is 18.4. The predicted octanol–water partition coefficient (Wildman–Crippen LogP) is 2.97. The van der Waals surface area contributed by atoms with E-state index in [4.69, 9.17) is 4.42 Å². The zero-order valence-corrected chi connectivity index (χ0v) is 13.1. The topological polar surface area (TPSA) is 68.0 Å². The van der Waals surface area contributed by atoms with E-state index in [2.05, 4.69) is 15.5 Å². The molecule has 0 spiro atoms. The Morgan fingerprint density at radius 1 is 1.12 bits per heavy atom. The first-order chi connectivity index (χ1) is 11.6. The number of halogens is 1. The molecule has 0 aliphatic carbocycles. The van der Waals surface area contributed by atoms with Crippen molar-refractivity contribution < 1.29 is 13.6 Å². The van der Waals surface area contributed by atoms with Gasteiger partial charge < -0.3 is 9.73 Å². The molecule has 0 aliphatic rings. The van der Waals surface area contributed by atoms with Crippen LogP contribution in [0.4, 0.5) is 4.39 Å². The van der Waals surface area contributed by atoms with Crippen LogP contribution in [0.3, 0.4) is 0 Å². The zero-order valence-electron chi connectivity index (χ0n) is 13.1. The largest absolute Gasteiger partial charge is 0.423 e. The predicted molar refractivity (Wildman–Crippen MR) is 85.6 cm³/mol. The van der Waals surface area contributed by atoms with Crippen LogP contribution in [0.25, 0.3) is 0 Å². The van der Waals surface area contributed by atoms with Crippen LogP contribution in [0.15, 0.2) is 59.0 Å². The number of hydrogen-bond acceptors (Lipinski definition) is 4. The fourth-order valence-electron chi connectivity index (χ4n) is 2.36. The van der Waals surface area contributed by atoms with Crippen molar-refractivity contribution in [1.29, 1.82) is 0 Å². The van der Waals surface area contributed by atoms with Gasteiger partial charge in [-0.1, -0.05) is 42.5 Å². The molecular weight excluding hydrogens is 309 g/mol. The third-order valence-corrected chi connectivity index (χ3v) is 3.50. The van der Waals surface area contributed by atoms with Gasteiger partial charge in [0.2, 0.25) is 17.7 Å². The highest BCUT2D eigenvalue weighted by molar-refractivity contribution is 5.79. The van der Waals surface area contributed by atoms with E-state index >= 15 is 0 Å². The van der Waals surface area contributed by atoms with Gasteiger partial charge in [-0.25, -0.2) is 4.39 Å². The summed E-state index contributed by atoms with van der Waals surface area (Å²) in [6.45, 7) is 1.69. The third kappa shape index (κ3) is 3.84. The van der Waals surface area contributed by atoms with Gasteiger partial charge in [-0.3, -0.25) is 4.79 Å². The maximum Gasteiger partial charge on any atom is 0.243 e. The summed E-state index contributed by atoms with van der Waals surface area (Å²) >= 11 is 0. The molecule has 24 heavy (non-hydrogen) atoms. The Bertz CT molecular complexity index is 816. The smallest absolute Gasteiger partial charge is 0.243 e. The standard InChI is InChI=1S/C18H16FN3O2/c1-12-21-22-18(24-12)17(14-5-3-2-4-6-14)20-16(23)11-13-7-9-15(19)10-8-13/h2-10,17H,11H2,1H3,(H,20,23). The molecule has 6 heteroatoms. The van der Waals surface area contributed by atoms with Crippen molar-refractivity contribution in [3.05, 3.63) is 83.3 Å². The minimum absolute atomic E-state index is 0.136. The summed E-state index contributed by atoms with van der Waals surface area (Å²) in [6, 6.07) is 14.7. The summed E-state index contributed by atoms with van der Waals surface area (Å²) in [4.78, 5) is 12.4. The second kappa shape index (κ2) is 7.04. The SMILES string of the molecule is Cc1nnc(C(NC(=O)Cc2ccc(F)cc2)c2ccccc2)o1. The number of carbonyl (C=O) groups excluding carboxylic acids is 1. The molecule has 1 aromatic heterocycles. The Morgan fingerprint density at radius 3 is 2.46 bits per heavy atom. The zero-order chi connectivity index (χ0) is 16.9. The molecule has 0 fully saturated rings. The molecule has 1 N–H and O–H groups in total. The van der Waals surface area contributed by atoms with E-state index in [1.54, 1.807) is 19.1 Å². The van der Waals surface area contributed by atoms with Crippen LogP contribution >= 0.6 is 0 Å². The number of amides is 1. The highest BCUT2D eigenvalue weighted by atomic mass is 19.1. The number of hydrogen-bond donors (Lipinski definition) is 1. The Labute approximate surface area is 138 Å². The minimum atomic E-state index is -0.527. The Hall–Kier alpha value is -3.02. The number of benzene rings is 2. The summed E-state index contributed by atoms with van der Waals surface area (Å²) in [5.74, 6) is 0.207. The Balaban J connectivity index is 1.79. The van der Waals surface area contributed by atoms with Crippen LogP contribution in [-0.4, -0.2) is 16.1 Å². The lowest BCUT2D eigenvalue weighted by Crippen LogP contribution is -2.30. The van der Waals surface area contributed by atoms with Crippen molar-refractivity contribution in [2.45, 2.75) is 19.4 Å². The van der Waals surface area contributed by atoms with E-state index in [0.29, 0.717) is 11.8 Å². The highest BCUT2D eigenvalue weighted by Crippen LogP contribution is 2.21. The third-order valence-electron chi connectivity index (χ3n) is 3.50. The second-order valence-corrected chi connectivity index (χ2v) is 5.37. The monoisotopic (exact) mass is 325 g/mol. The van der Waals surface area contributed by atoms with Gasteiger partial charge in [-0.05, 0) is 23.3 Å². The normalized spacial score (nSPS) is 11.9. The molecule has 0 aliphatic heterocycles. The van der Waals surface area contributed by atoms with Gasteiger partial charge in [0, 0.05) is 6.92 Å². The van der Waals surface area contributed by atoms with Gasteiger partial charge >= 0.3 is 0 Å². The number of carbonyl (C=O) groups is 1. The van der Waals surface area contributed by atoms with Gasteiger partial charge in [0.1, 0.15) is 11.9 Å². The molecule has 3 aromatic rings. The maximum atomic E-state index is 13.0. The molecule has 1 heterocycles. The quantitative estimate of drug-likeness (QED) is 0.783. The molecule has 2 aromatic carbocycles. The average molecular weight is 325 g/mol. The molecule has 3 rings (SSSR count). The second-order valence-electron chi connectivity index (χ2n) is 5.37. The van der Waals surface area contributed by atoms with Crippen LogP contribution < -0.4 is 5.32 Å². The van der Waals surface area contributed by atoms with Crippen molar-refractivity contribution in [2.24, 2.45) is 0 Å². The van der Waals surface area contributed by atoms with E-state index in [1.807, 2.05) is 30.3 Å². The van der Waals surface area contributed by atoms with E-state index in [1.165, 1.54) is 12.1 Å². The van der Waals surface area contributed by atoms with Gasteiger partial charge in [-0.15, -0.1) is 10.2 Å². The molecule has 0 radical (unpaired) electrons. The summed E-state index contributed by atoms with van der Waals surface area (Å²) in [5, 5.41) is 10.7. The van der Waals surface area contributed by atoms with Crippen LogP contribution in [0.1, 0.15) is 29.0 Å². The first-order valence-electron chi connectivity index (χ1n) is 7.50. The van der Waals surface area contributed by atoms with Crippen molar-refractivity contribution in [3.8, 4) is 0 Å². The van der Waals surface area contributed by atoms with E-state index in [-0.39, 0.29) is 18.1 Å². The number of rotatable bonds is 5. The maximum absolute atomic E-state index is 13.0. The molecule has 0 bridgehead atoms. The van der Waals surface area contributed by atoms with Gasteiger partial charge in [-0.2, -0.15) is 0 Å². The lowest BCUT2D eigenvalue weighted by molar-refractivity contribution is -0.121. The molecule has 0 saturated carbocycles. The van der Waals surface area contributed by atoms with Gasteiger partial charge in [0.25, 0.3) is 0 Å². The molecule has 1 unspecified atom stereocenters. The van der Waals surface area contributed by atoms with E-state index in [9.17, 15) is 9.18 Å². The number of nitrogens with one attached hydrogen (secondary N) is 1. The van der Waals surface area contributed by atoms with Crippen LogP contribution in [0, 0.1) is 12.7 Å². The Morgan fingerprint density at radius 2 is 1.83 bits per heavy atom. The van der Waals surface area contributed by atoms with Crippen LogP contribution in [0.2, 0.25) is 0 Å². The van der Waals surface area contributed by atoms with Gasteiger partial charge in [0.15, 0.2) is 0 Å². The van der Waals surface area contributed by atoms with E-state index in [0.717, 1.165) is 11.1 Å². The first-order valence-corrected chi connectivity index (χ1v) is 7.50. The van der Waals surface area contributed by atoms with Crippen molar-refractivity contribution in [3.63, 3.8) is 0 Å². The molecule has 1 atom stereocenters. The summed E-state index contributed by atoms with van der Waals surface area (Å²) in [5.41, 5.74) is 1.57. The summed E-state index contributed by atoms with van der Waals surface area (Å²) in [6.07, 6.45) is 0.136. The van der Waals surface area contributed by atoms with Crippen LogP contribution in [0.5, 0.6) is 0 Å². The van der Waals surface area contributed by atoms with Gasteiger partial charge in [0.05, 0.1) is 6.42 Å². The van der Waals surface area contributed by atoms with E-state index < -0.39 is 6.04 Å². The van der Waals surface area contributed by atoms with Crippen molar-refractivity contribution in [2.75, 3.05) is 0 Å². The lowest BCUT2D eigenvalue weighted by atomic mass is 10.1. The minimum Gasteiger partial charge on any atom is -0.423 e. The highest BCUT2D eigenvalue weighted by Gasteiger charge is 2.22. The lowest BCUT2D eigenvalue weighted by Gasteiger charge is -2.15. The molecular formula is C18H16FN3O2. The molecule has 1 amide bonds. The molecule has 0 saturated heterocycles. The molecule has 122 valence electrons. The number of nitrogens with zero attached hydrogens (tertiary/aromatic N) is 2. The number of aromatic nitrogens is 2.